The monoisotopic (exact) mass is 183 g/mol. The van der Waals surface area contributed by atoms with Crippen LogP contribution in [0.25, 0.3) is 0 Å². The largest absolute Gasteiger partial charge is 0.481 e. The van der Waals surface area contributed by atoms with Crippen LogP contribution in [0.5, 0.6) is 0 Å². The molecule has 13 heavy (non-hydrogen) atoms. The predicted octanol–water partition coefficient (Wildman–Crippen LogP) is 1.05. The molecule has 1 heterocycles. The summed E-state index contributed by atoms with van der Waals surface area (Å²) in [6, 6.07) is 0. The van der Waals surface area contributed by atoms with Crippen LogP contribution >= 0.6 is 0 Å². The second kappa shape index (κ2) is 3.29. The molecule has 1 aliphatic carbocycles. The van der Waals surface area contributed by atoms with Gasteiger partial charge in [-0.05, 0) is 51.2 Å². The summed E-state index contributed by atoms with van der Waals surface area (Å²) in [4.78, 5) is 13.0. The van der Waals surface area contributed by atoms with E-state index in [1.807, 2.05) is 0 Å². The molecule has 0 amide bonds. The summed E-state index contributed by atoms with van der Waals surface area (Å²) >= 11 is 0. The molecule has 0 spiro atoms. The molecule has 2 fully saturated rings. The highest BCUT2D eigenvalue weighted by Crippen LogP contribution is 2.47. The Bertz CT molecular complexity index is 209. The lowest BCUT2D eigenvalue weighted by molar-refractivity contribution is -0.139. The minimum absolute atomic E-state index is 0.00611. The summed E-state index contributed by atoms with van der Waals surface area (Å²) in [5.41, 5.74) is 0. The zero-order valence-electron chi connectivity index (χ0n) is 8.07. The van der Waals surface area contributed by atoms with Crippen molar-refractivity contribution in [3.8, 4) is 0 Å². The van der Waals surface area contributed by atoms with E-state index in [0.29, 0.717) is 11.8 Å². The molecule has 1 aliphatic heterocycles. The number of hydrogen-bond donors (Lipinski definition) is 1. The number of carboxylic acids is 1. The number of hydrogen-bond acceptors (Lipinski definition) is 2. The third-order valence-corrected chi connectivity index (χ3v) is 3.53. The summed E-state index contributed by atoms with van der Waals surface area (Å²) in [6.45, 7) is 2.29. The van der Waals surface area contributed by atoms with Crippen molar-refractivity contribution in [3.05, 3.63) is 0 Å². The molecule has 2 atom stereocenters. The van der Waals surface area contributed by atoms with Gasteiger partial charge >= 0.3 is 5.97 Å². The van der Waals surface area contributed by atoms with E-state index in [4.69, 9.17) is 5.11 Å². The standard InChI is InChI=1S/C10H17NO2/c1-11-4-2-7(3-5-11)8-6-9(8)10(12)13/h7-9H,2-6H2,1H3,(H,12,13)/t8-,9+/m0/s1. The summed E-state index contributed by atoms with van der Waals surface area (Å²) in [5.74, 6) is 0.612. The lowest BCUT2D eigenvalue weighted by Gasteiger charge is -2.28. The van der Waals surface area contributed by atoms with Crippen LogP contribution in [0.15, 0.2) is 0 Å². The highest BCUT2D eigenvalue weighted by molar-refractivity contribution is 5.73. The SMILES string of the molecule is CN1CCC([C@@H]2C[C@H]2C(=O)O)CC1. The Kier molecular flexibility index (Phi) is 2.28. The third-order valence-electron chi connectivity index (χ3n) is 3.53. The van der Waals surface area contributed by atoms with Crippen LogP contribution in [0.4, 0.5) is 0 Å². The molecule has 3 heteroatoms. The number of carbonyl (C=O) groups is 1. The molecular weight excluding hydrogens is 166 g/mol. The molecule has 3 nitrogen and oxygen atoms in total. The van der Waals surface area contributed by atoms with Gasteiger partial charge in [0.25, 0.3) is 0 Å². The van der Waals surface area contributed by atoms with Gasteiger partial charge in [-0.2, -0.15) is 0 Å². The predicted molar refractivity (Wildman–Crippen MR) is 49.5 cm³/mol. The van der Waals surface area contributed by atoms with E-state index < -0.39 is 5.97 Å². The summed E-state index contributed by atoms with van der Waals surface area (Å²) < 4.78 is 0. The Labute approximate surface area is 78.7 Å². The zero-order valence-corrected chi connectivity index (χ0v) is 8.07. The minimum atomic E-state index is -0.580. The maximum absolute atomic E-state index is 10.7. The van der Waals surface area contributed by atoms with Crippen LogP contribution in [-0.4, -0.2) is 36.1 Å². The zero-order chi connectivity index (χ0) is 9.42. The molecule has 0 aromatic carbocycles. The fraction of sp³-hybridized carbons (Fsp3) is 0.900. The van der Waals surface area contributed by atoms with Gasteiger partial charge < -0.3 is 10.0 Å². The van der Waals surface area contributed by atoms with E-state index in [9.17, 15) is 4.79 Å². The topological polar surface area (TPSA) is 40.5 Å². The number of piperidine rings is 1. The average molecular weight is 183 g/mol. The van der Waals surface area contributed by atoms with Crippen molar-refractivity contribution in [1.29, 1.82) is 0 Å². The van der Waals surface area contributed by atoms with Crippen LogP contribution in [0.1, 0.15) is 19.3 Å². The molecule has 0 radical (unpaired) electrons. The first-order valence-corrected chi connectivity index (χ1v) is 5.10. The van der Waals surface area contributed by atoms with Gasteiger partial charge in [0.2, 0.25) is 0 Å². The lowest BCUT2D eigenvalue weighted by Crippen LogP contribution is -2.31. The molecule has 0 unspecified atom stereocenters. The number of rotatable bonds is 2. The molecule has 2 aliphatic rings. The van der Waals surface area contributed by atoms with Crippen LogP contribution in [0, 0.1) is 17.8 Å². The molecule has 1 N–H and O–H groups in total. The van der Waals surface area contributed by atoms with Gasteiger partial charge in [-0.15, -0.1) is 0 Å². The van der Waals surface area contributed by atoms with Crippen molar-refractivity contribution in [2.45, 2.75) is 19.3 Å². The number of carboxylic acid groups (broad SMARTS) is 1. The van der Waals surface area contributed by atoms with Crippen LogP contribution in [-0.2, 0) is 4.79 Å². The fourth-order valence-electron chi connectivity index (χ4n) is 2.48. The van der Waals surface area contributed by atoms with Crippen molar-refractivity contribution in [3.63, 3.8) is 0 Å². The molecular formula is C10H17NO2. The van der Waals surface area contributed by atoms with Crippen molar-refractivity contribution in [1.82, 2.24) is 4.90 Å². The Morgan fingerprint density at radius 1 is 1.38 bits per heavy atom. The first-order chi connectivity index (χ1) is 6.18. The van der Waals surface area contributed by atoms with Gasteiger partial charge in [-0.1, -0.05) is 0 Å². The maximum Gasteiger partial charge on any atom is 0.306 e. The Hall–Kier alpha value is -0.570. The van der Waals surface area contributed by atoms with Crippen molar-refractivity contribution in [2.75, 3.05) is 20.1 Å². The van der Waals surface area contributed by atoms with Gasteiger partial charge in [0.15, 0.2) is 0 Å². The molecule has 1 saturated heterocycles. The quantitative estimate of drug-likeness (QED) is 0.695. The molecule has 1 saturated carbocycles. The van der Waals surface area contributed by atoms with Gasteiger partial charge in [-0.3, -0.25) is 4.79 Å². The van der Waals surface area contributed by atoms with E-state index >= 15 is 0 Å². The van der Waals surface area contributed by atoms with E-state index in [1.54, 1.807) is 0 Å². The molecule has 2 rings (SSSR count). The van der Waals surface area contributed by atoms with Crippen molar-refractivity contribution in [2.24, 2.45) is 17.8 Å². The first-order valence-electron chi connectivity index (χ1n) is 5.10. The Balaban J connectivity index is 1.81. The van der Waals surface area contributed by atoms with Gasteiger partial charge in [0.05, 0.1) is 5.92 Å². The van der Waals surface area contributed by atoms with E-state index in [0.717, 1.165) is 19.5 Å². The van der Waals surface area contributed by atoms with Crippen molar-refractivity contribution < 1.29 is 9.90 Å². The molecule has 0 aromatic rings. The van der Waals surface area contributed by atoms with E-state index in [1.165, 1.54) is 12.8 Å². The molecule has 74 valence electrons. The Morgan fingerprint density at radius 3 is 2.46 bits per heavy atom. The second-order valence-corrected chi connectivity index (χ2v) is 4.48. The van der Waals surface area contributed by atoms with Crippen molar-refractivity contribution >= 4 is 5.97 Å². The number of likely N-dealkylation sites (tertiary alicyclic amines) is 1. The maximum atomic E-state index is 10.7. The lowest BCUT2D eigenvalue weighted by atomic mass is 9.91. The smallest absolute Gasteiger partial charge is 0.306 e. The average Bonchev–Trinajstić information content (AvgIpc) is 2.85. The molecule has 0 bridgehead atoms. The van der Waals surface area contributed by atoms with Gasteiger partial charge in [0, 0.05) is 0 Å². The fourth-order valence-corrected chi connectivity index (χ4v) is 2.48. The highest BCUT2D eigenvalue weighted by Gasteiger charge is 2.47. The van der Waals surface area contributed by atoms with E-state index in [2.05, 4.69) is 11.9 Å². The Morgan fingerprint density at radius 2 is 2.00 bits per heavy atom. The van der Waals surface area contributed by atoms with Gasteiger partial charge in [-0.25, -0.2) is 0 Å². The van der Waals surface area contributed by atoms with Crippen LogP contribution in [0.2, 0.25) is 0 Å². The van der Waals surface area contributed by atoms with Crippen LogP contribution in [0.3, 0.4) is 0 Å². The summed E-state index contributed by atoms with van der Waals surface area (Å²) in [6.07, 6.45) is 3.33. The normalized spacial score (nSPS) is 36.1. The first kappa shape index (κ1) is 9.00. The minimum Gasteiger partial charge on any atom is -0.481 e. The van der Waals surface area contributed by atoms with E-state index in [-0.39, 0.29) is 5.92 Å². The highest BCUT2D eigenvalue weighted by atomic mass is 16.4. The second-order valence-electron chi connectivity index (χ2n) is 4.48. The number of nitrogens with zero attached hydrogens (tertiary/aromatic N) is 1. The third kappa shape index (κ3) is 1.85. The summed E-state index contributed by atoms with van der Waals surface area (Å²) in [7, 11) is 2.14. The van der Waals surface area contributed by atoms with Gasteiger partial charge in [0.1, 0.15) is 0 Å². The molecule has 0 aromatic heterocycles. The van der Waals surface area contributed by atoms with Crippen LogP contribution < -0.4 is 0 Å². The summed E-state index contributed by atoms with van der Waals surface area (Å²) in [5, 5.41) is 8.80. The number of aliphatic carboxylic acids is 1.